The molecule has 5 heteroatoms. The van der Waals surface area contributed by atoms with E-state index in [1.807, 2.05) is 28.9 Å². The summed E-state index contributed by atoms with van der Waals surface area (Å²) >= 11 is 0. The first-order valence-electron chi connectivity index (χ1n) is 7.37. The number of hydrogen-bond acceptors (Lipinski definition) is 4. The number of aryl methyl sites for hydroxylation is 1. The molecule has 1 N–H and O–H groups in total. The third-order valence-electron chi connectivity index (χ3n) is 4.00. The molecule has 0 spiro atoms. The molecule has 1 aliphatic heterocycles. The van der Waals surface area contributed by atoms with Crippen LogP contribution in [0.4, 0.5) is 5.69 Å². The summed E-state index contributed by atoms with van der Waals surface area (Å²) in [7, 11) is 1.70. The largest absolute Gasteiger partial charge is 0.494 e. The van der Waals surface area contributed by atoms with Crippen LogP contribution in [0.5, 0.6) is 5.75 Å². The molecule has 21 heavy (non-hydrogen) atoms. The minimum atomic E-state index is 0.843. The lowest BCUT2D eigenvalue weighted by Gasteiger charge is -2.29. The summed E-state index contributed by atoms with van der Waals surface area (Å²) in [4.78, 5) is 2.42. The van der Waals surface area contributed by atoms with Gasteiger partial charge >= 0.3 is 0 Å². The van der Waals surface area contributed by atoms with Crippen molar-refractivity contribution in [3.63, 3.8) is 0 Å². The van der Waals surface area contributed by atoms with E-state index in [0.717, 1.165) is 43.3 Å². The van der Waals surface area contributed by atoms with E-state index in [2.05, 4.69) is 24.1 Å². The van der Waals surface area contributed by atoms with E-state index in [9.17, 15) is 0 Å². The molecule has 2 heterocycles. The second-order valence-electron chi connectivity index (χ2n) is 5.34. The number of anilines is 1. The summed E-state index contributed by atoms with van der Waals surface area (Å²) in [5, 5.41) is 8.13. The fourth-order valence-corrected chi connectivity index (χ4v) is 3.02. The first-order chi connectivity index (χ1) is 10.2. The van der Waals surface area contributed by atoms with Crippen LogP contribution in [0.15, 0.2) is 24.3 Å². The second-order valence-corrected chi connectivity index (χ2v) is 5.34. The van der Waals surface area contributed by atoms with Gasteiger partial charge in [0.2, 0.25) is 0 Å². The second kappa shape index (κ2) is 5.77. The van der Waals surface area contributed by atoms with Gasteiger partial charge in [-0.05, 0) is 26.0 Å². The van der Waals surface area contributed by atoms with Gasteiger partial charge in [0.05, 0.1) is 24.2 Å². The van der Waals surface area contributed by atoms with Gasteiger partial charge in [-0.25, -0.2) is 4.68 Å². The highest BCUT2D eigenvalue weighted by molar-refractivity contribution is 5.59. The van der Waals surface area contributed by atoms with E-state index in [-0.39, 0.29) is 0 Å². The van der Waals surface area contributed by atoms with E-state index in [1.165, 1.54) is 11.4 Å². The summed E-state index contributed by atoms with van der Waals surface area (Å²) in [6, 6.07) is 8.00. The first-order valence-corrected chi connectivity index (χ1v) is 7.37. The van der Waals surface area contributed by atoms with E-state index < -0.39 is 0 Å². The Morgan fingerprint density at radius 3 is 2.57 bits per heavy atom. The number of nitrogens with zero attached hydrogens (tertiary/aromatic N) is 3. The zero-order chi connectivity index (χ0) is 14.8. The minimum Gasteiger partial charge on any atom is -0.494 e. The monoisotopic (exact) mass is 286 g/mol. The highest BCUT2D eigenvalue weighted by Gasteiger charge is 2.21. The fraction of sp³-hybridized carbons (Fsp3) is 0.438. The lowest BCUT2D eigenvalue weighted by atomic mass is 10.2. The maximum atomic E-state index is 5.46. The summed E-state index contributed by atoms with van der Waals surface area (Å²) in [5.74, 6) is 0.843. The molecule has 0 aliphatic carbocycles. The average molecular weight is 286 g/mol. The smallest absolute Gasteiger partial charge is 0.144 e. The Morgan fingerprint density at radius 2 is 1.86 bits per heavy atom. The molecule has 0 radical (unpaired) electrons. The quantitative estimate of drug-likeness (QED) is 0.936. The first kappa shape index (κ1) is 13.9. The molecular formula is C16H22N4O. The van der Waals surface area contributed by atoms with Crippen molar-refractivity contribution in [2.24, 2.45) is 0 Å². The maximum Gasteiger partial charge on any atom is 0.144 e. The summed E-state index contributed by atoms with van der Waals surface area (Å²) in [5.41, 5.74) is 4.48. The molecule has 1 aromatic heterocycles. The van der Waals surface area contributed by atoms with E-state index in [0.29, 0.717) is 0 Å². The molecule has 5 nitrogen and oxygen atoms in total. The molecule has 0 saturated carbocycles. The van der Waals surface area contributed by atoms with Crippen LogP contribution in [0, 0.1) is 13.8 Å². The number of ether oxygens (including phenoxy) is 1. The Kier molecular flexibility index (Phi) is 3.84. The van der Waals surface area contributed by atoms with Crippen LogP contribution in [0.2, 0.25) is 0 Å². The van der Waals surface area contributed by atoms with Crippen molar-refractivity contribution < 1.29 is 4.74 Å². The lowest BCUT2D eigenvalue weighted by molar-refractivity contribution is 0.411. The summed E-state index contributed by atoms with van der Waals surface area (Å²) < 4.78 is 7.46. The standard InChI is InChI=1S/C16H22N4O/c1-12-16(19-10-8-17-9-11-19)13(2)20(18-12)14-6-4-5-7-15(14)21-3/h4-7,17H,8-11H2,1-3H3. The van der Waals surface area contributed by atoms with Gasteiger partial charge in [-0.15, -0.1) is 0 Å². The highest BCUT2D eigenvalue weighted by Crippen LogP contribution is 2.30. The molecule has 2 aromatic rings. The van der Waals surface area contributed by atoms with Crippen molar-refractivity contribution in [3.05, 3.63) is 35.7 Å². The van der Waals surface area contributed by atoms with Gasteiger partial charge in [0.1, 0.15) is 11.4 Å². The predicted molar refractivity (Wildman–Crippen MR) is 84.7 cm³/mol. The van der Waals surface area contributed by atoms with Gasteiger partial charge < -0.3 is 15.0 Å². The van der Waals surface area contributed by atoms with E-state index in [4.69, 9.17) is 9.84 Å². The van der Waals surface area contributed by atoms with Crippen LogP contribution < -0.4 is 15.0 Å². The zero-order valence-corrected chi connectivity index (χ0v) is 12.9. The number of nitrogens with one attached hydrogen (secondary N) is 1. The summed E-state index contributed by atoms with van der Waals surface area (Å²) in [6.07, 6.45) is 0. The number of rotatable bonds is 3. The van der Waals surface area contributed by atoms with Crippen LogP contribution in [-0.4, -0.2) is 43.1 Å². The zero-order valence-electron chi connectivity index (χ0n) is 12.9. The minimum absolute atomic E-state index is 0.843. The molecule has 1 fully saturated rings. The molecule has 1 aliphatic rings. The Morgan fingerprint density at radius 1 is 1.14 bits per heavy atom. The van der Waals surface area contributed by atoms with E-state index >= 15 is 0 Å². The molecule has 112 valence electrons. The van der Waals surface area contributed by atoms with Crippen molar-refractivity contribution in [2.75, 3.05) is 38.2 Å². The SMILES string of the molecule is COc1ccccc1-n1nc(C)c(N2CCNCC2)c1C. The van der Waals surface area contributed by atoms with E-state index in [1.54, 1.807) is 7.11 Å². The van der Waals surface area contributed by atoms with Crippen LogP contribution >= 0.6 is 0 Å². The third kappa shape index (κ3) is 2.49. The molecule has 0 atom stereocenters. The number of aromatic nitrogens is 2. The van der Waals surface area contributed by atoms with Crippen LogP contribution in [0.25, 0.3) is 5.69 Å². The highest BCUT2D eigenvalue weighted by atomic mass is 16.5. The van der Waals surface area contributed by atoms with Crippen LogP contribution in [0.1, 0.15) is 11.4 Å². The van der Waals surface area contributed by atoms with Crippen molar-refractivity contribution in [1.82, 2.24) is 15.1 Å². The predicted octanol–water partition coefficient (Wildman–Crippen LogP) is 1.91. The Hall–Kier alpha value is -2.01. The average Bonchev–Trinajstić information content (AvgIpc) is 2.83. The number of benzene rings is 1. The number of methoxy groups -OCH3 is 1. The van der Waals surface area contributed by atoms with Gasteiger partial charge in [0, 0.05) is 26.2 Å². The Balaban J connectivity index is 2.05. The van der Waals surface area contributed by atoms with Gasteiger partial charge in [0.15, 0.2) is 0 Å². The van der Waals surface area contributed by atoms with Crippen molar-refractivity contribution in [3.8, 4) is 11.4 Å². The van der Waals surface area contributed by atoms with Gasteiger partial charge in [0.25, 0.3) is 0 Å². The fourth-order valence-electron chi connectivity index (χ4n) is 3.02. The Labute approximate surface area is 125 Å². The van der Waals surface area contributed by atoms with Crippen molar-refractivity contribution >= 4 is 5.69 Å². The third-order valence-corrected chi connectivity index (χ3v) is 4.00. The molecular weight excluding hydrogens is 264 g/mol. The topological polar surface area (TPSA) is 42.3 Å². The molecule has 1 saturated heterocycles. The van der Waals surface area contributed by atoms with Crippen LogP contribution in [-0.2, 0) is 0 Å². The molecule has 3 rings (SSSR count). The van der Waals surface area contributed by atoms with Crippen molar-refractivity contribution in [1.29, 1.82) is 0 Å². The van der Waals surface area contributed by atoms with Gasteiger partial charge in [-0.2, -0.15) is 5.10 Å². The molecule has 1 aromatic carbocycles. The maximum absolute atomic E-state index is 5.46. The normalized spacial score (nSPS) is 15.3. The van der Waals surface area contributed by atoms with Gasteiger partial charge in [-0.1, -0.05) is 12.1 Å². The summed E-state index contributed by atoms with van der Waals surface area (Å²) in [6.45, 7) is 8.32. The molecule has 0 unspecified atom stereocenters. The molecule has 0 bridgehead atoms. The number of para-hydroxylation sites is 2. The molecule has 0 amide bonds. The lowest BCUT2D eigenvalue weighted by Crippen LogP contribution is -2.43. The Bertz CT molecular complexity index is 629. The number of piperazine rings is 1. The van der Waals surface area contributed by atoms with Gasteiger partial charge in [-0.3, -0.25) is 0 Å². The van der Waals surface area contributed by atoms with Crippen molar-refractivity contribution in [2.45, 2.75) is 13.8 Å². The van der Waals surface area contributed by atoms with Crippen LogP contribution in [0.3, 0.4) is 0 Å². The number of hydrogen-bond donors (Lipinski definition) is 1.